The number of nitrogens with one attached hydrogen (secondary N) is 2. The van der Waals surface area contributed by atoms with E-state index in [1.165, 1.54) is 12.1 Å². The molecule has 0 amide bonds. The number of phenols is 1. The van der Waals surface area contributed by atoms with Crippen molar-refractivity contribution < 1.29 is 20.6 Å². The van der Waals surface area contributed by atoms with Crippen LogP contribution in [0.5, 0.6) is 5.75 Å². The van der Waals surface area contributed by atoms with Gasteiger partial charge in [0.05, 0.1) is 5.02 Å². The monoisotopic (exact) mass is 372 g/mol. The number of aromatic amines is 1. The van der Waals surface area contributed by atoms with Gasteiger partial charge in [-0.25, -0.2) is 5.21 Å². The lowest BCUT2D eigenvalue weighted by Gasteiger charge is -2.17. The molecule has 0 aliphatic heterocycles. The molecule has 2 aromatic rings. The molecule has 1 aromatic heterocycles. The Hall–Kier alpha value is -0.700. The van der Waals surface area contributed by atoms with Gasteiger partial charge >= 0.3 is 0 Å². The van der Waals surface area contributed by atoms with E-state index in [4.69, 9.17) is 51.6 Å². The molecule has 6 nitrogen and oxygen atoms in total. The number of phenolic OH excluding ortho intramolecular Hbond substituents is 1. The summed E-state index contributed by atoms with van der Waals surface area (Å²) in [6, 6.07) is 2.53. The lowest BCUT2D eigenvalue weighted by molar-refractivity contribution is -0.991. The number of aromatic nitrogens is 1. The molecule has 114 valence electrons. The lowest BCUT2D eigenvalue weighted by atomic mass is 10.0. The predicted molar refractivity (Wildman–Crippen MR) is 78.8 cm³/mol. The first-order chi connectivity index (χ1) is 9.73. The lowest BCUT2D eigenvalue weighted by Crippen LogP contribution is -2.99. The van der Waals surface area contributed by atoms with Crippen LogP contribution in [0.1, 0.15) is 17.4 Å². The van der Waals surface area contributed by atoms with Gasteiger partial charge in [0.25, 0.3) is 0 Å². The van der Waals surface area contributed by atoms with Crippen LogP contribution in [0.25, 0.3) is 0 Å². The molecule has 0 saturated carbocycles. The molecule has 2 rings (SSSR count). The van der Waals surface area contributed by atoms with Crippen LogP contribution in [0.3, 0.4) is 0 Å². The van der Waals surface area contributed by atoms with E-state index in [9.17, 15) is 15.4 Å². The van der Waals surface area contributed by atoms with Crippen LogP contribution in [0.15, 0.2) is 12.1 Å². The van der Waals surface area contributed by atoms with Gasteiger partial charge in [0.1, 0.15) is 27.7 Å². The summed E-state index contributed by atoms with van der Waals surface area (Å²) in [7, 11) is 0. The van der Waals surface area contributed by atoms with Gasteiger partial charge in [-0.05, 0) is 12.1 Å². The highest BCUT2D eigenvalue weighted by Crippen LogP contribution is 2.41. The number of aromatic hydroxyl groups is 1. The zero-order chi connectivity index (χ0) is 15.9. The molecule has 1 aromatic carbocycles. The summed E-state index contributed by atoms with van der Waals surface area (Å²) in [6.07, 6.45) is -1.56. The molecule has 5 N–H and O–H groups in total. The minimum atomic E-state index is -1.56. The van der Waals surface area contributed by atoms with Crippen molar-refractivity contribution in [2.45, 2.75) is 6.10 Å². The highest BCUT2D eigenvalue weighted by Gasteiger charge is 2.29. The van der Waals surface area contributed by atoms with Gasteiger partial charge in [-0.15, -0.1) is 0 Å². The van der Waals surface area contributed by atoms with Crippen LogP contribution in [0.4, 0.5) is 5.69 Å². The second kappa shape index (κ2) is 6.20. The highest BCUT2D eigenvalue weighted by atomic mass is 35.5. The third-order valence-electron chi connectivity index (χ3n) is 2.77. The maximum Gasteiger partial charge on any atom is 0.208 e. The minimum Gasteiger partial charge on any atom is -0.595 e. The van der Waals surface area contributed by atoms with E-state index in [0.717, 1.165) is 0 Å². The molecule has 1 heterocycles. The fourth-order valence-electron chi connectivity index (χ4n) is 1.83. The van der Waals surface area contributed by atoms with E-state index in [1.807, 2.05) is 0 Å². The van der Waals surface area contributed by atoms with Crippen LogP contribution in [-0.2, 0) is 0 Å². The van der Waals surface area contributed by atoms with Crippen LogP contribution in [0, 0.1) is 5.21 Å². The number of rotatable bonds is 3. The summed E-state index contributed by atoms with van der Waals surface area (Å²) in [5, 5.41) is 38.9. The van der Waals surface area contributed by atoms with Crippen LogP contribution < -0.4 is 5.23 Å². The van der Waals surface area contributed by atoms with Crippen molar-refractivity contribution in [2.24, 2.45) is 0 Å². The van der Waals surface area contributed by atoms with E-state index >= 15 is 0 Å². The second-order valence-corrected chi connectivity index (χ2v) is 5.67. The van der Waals surface area contributed by atoms with Crippen molar-refractivity contribution in [3.05, 3.63) is 48.8 Å². The Morgan fingerprint density at radius 1 is 1.19 bits per heavy atom. The fraction of sp³-hybridized carbons (Fsp3) is 0.0909. The van der Waals surface area contributed by atoms with Crippen LogP contribution >= 0.6 is 46.4 Å². The van der Waals surface area contributed by atoms with E-state index in [2.05, 4.69) is 4.98 Å². The van der Waals surface area contributed by atoms with Crippen molar-refractivity contribution in [3.8, 4) is 5.75 Å². The molecule has 2 atom stereocenters. The Bertz CT molecular complexity index is 689. The Balaban J connectivity index is 2.61. The van der Waals surface area contributed by atoms with Crippen LogP contribution in [0.2, 0.25) is 20.2 Å². The third kappa shape index (κ3) is 3.08. The first-order valence-corrected chi connectivity index (χ1v) is 6.91. The normalized spacial score (nSPS) is 14.2. The van der Waals surface area contributed by atoms with Crippen molar-refractivity contribution in [2.75, 3.05) is 0 Å². The minimum absolute atomic E-state index is 0.0791. The smallest absolute Gasteiger partial charge is 0.208 e. The number of aliphatic hydroxyl groups is 1. The van der Waals surface area contributed by atoms with Crippen LogP contribution in [-0.4, -0.2) is 20.4 Å². The predicted octanol–water partition coefficient (Wildman–Crippen LogP) is 2.82. The van der Waals surface area contributed by atoms with E-state index in [0.29, 0.717) is 0 Å². The molecule has 0 radical (unpaired) electrons. The molecule has 10 heteroatoms. The van der Waals surface area contributed by atoms with Gasteiger partial charge in [-0.2, -0.15) is 5.23 Å². The van der Waals surface area contributed by atoms with Crippen molar-refractivity contribution >= 4 is 52.1 Å². The Labute approximate surface area is 138 Å². The molecule has 0 spiro atoms. The first kappa shape index (κ1) is 16.7. The maximum absolute atomic E-state index is 11.2. The number of halogens is 4. The molecule has 0 fully saturated rings. The number of hydrogen-bond acceptors (Lipinski definition) is 4. The molecule has 0 aliphatic carbocycles. The standard InChI is InChI=1S/C11H8Cl4N2O4/c12-3-1-4(9(18)5(13)2-3)10(19)7-8(17(20)21)6(14)11(15)16-7/h1-2,10,16-20H/t10-/m0/s1. The van der Waals surface area contributed by atoms with Crippen molar-refractivity contribution in [3.63, 3.8) is 0 Å². The van der Waals surface area contributed by atoms with E-state index < -0.39 is 22.8 Å². The average Bonchev–Trinajstić information content (AvgIpc) is 2.69. The number of hydrogen-bond donors (Lipinski definition) is 5. The van der Waals surface area contributed by atoms with Gasteiger partial charge in [-0.3, -0.25) is 0 Å². The SMILES string of the molecule is [O-][NH+](O)c1c([C@@H](O)c2cc(Cl)cc(Cl)c2O)[nH]c(Cl)c1Cl. The summed E-state index contributed by atoms with van der Waals surface area (Å²) in [5.41, 5.74) is -0.666. The number of benzene rings is 1. The Kier molecular flexibility index (Phi) is 4.92. The first-order valence-electron chi connectivity index (χ1n) is 5.40. The van der Waals surface area contributed by atoms with E-state index in [1.54, 1.807) is 0 Å². The summed E-state index contributed by atoms with van der Waals surface area (Å²) in [4.78, 5) is 2.46. The molecule has 21 heavy (non-hydrogen) atoms. The second-order valence-electron chi connectivity index (χ2n) is 4.07. The van der Waals surface area contributed by atoms with Crippen molar-refractivity contribution in [1.82, 2.24) is 4.98 Å². The fourth-order valence-corrected chi connectivity index (χ4v) is 2.76. The van der Waals surface area contributed by atoms with Gasteiger partial charge in [0.2, 0.25) is 5.69 Å². The zero-order valence-corrected chi connectivity index (χ0v) is 13.0. The van der Waals surface area contributed by atoms with E-state index in [-0.39, 0.29) is 31.5 Å². The number of H-pyrrole nitrogens is 1. The molecule has 1 unspecified atom stereocenters. The molecular formula is C11H8Cl4N2O4. The average molecular weight is 374 g/mol. The zero-order valence-electron chi connectivity index (χ0n) is 9.99. The number of quaternary nitrogens is 1. The number of aliphatic hydroxyl groups excluding tert-OH is 1. The summed E-state index contributed by atoms with van der Waals surface area (Å²) < 4.78 is 0. The largest absolute Gasteiger partial charge is 0.595 e. The maximum atomic E-state index is 11.2. The Morgan fingerprint density at radius 2 is 1.81 bits per heavy atom. The molecule has 0 aliphatic rings. The van der Waals surface area contributed by atoms with Gasteiger partial charge in [0, 0.05) is 10.6 Å². The molecule has 0 saturated heterocycles. The highest BCUT2D eigenvalue weighted by molar-refractivity contribution is 6.43. The van der Waals surface area contributed by atoms with Crippen molar-refractivity contribution in [1.29, 1.82) is 0 Å². The van der Waals surface area contributed by atoms with Gasteiger partial charge in [0.15, 0.2) is 0 Å². The quantitative estimate of drug-likeness (QED) is 0.533. The Morgan fingerprint density at radius 3 is 2.38 bits per heavy atom. The molecular weight excluding hydrogens is 366 g/mol. The summed E-state index contributed by atoms with van der Waals surface area (Å²) in [6.45, 7) is 0. The summed E-state index contributed by atoms with van der Waals surface area (Å²) in [5.74, 6) is -0.424. The van der Waals surface area contributed by atoms with Gasteiger partial charge < -0.3 is 20.4 Å². The third-order valence-corrected chi connectivity index (χ3v) is 4.03. The summed E-state index contributed by atoms with van der Waals surface area (Å²) >= 11 is 23.1. The topological polar surface area (TPSA) is 104 Å². The van der Waals surface area contributed by atoms with Gasteiger partial charge in [-0.1, -0.05) is 46.4 Å². The molecule has 0 bridgehead atoms.